The van der Waals surface area contributed by atoms with Gasteiger partial charge in [0, 0.05) is 24.5 Å². The van der Waals surface area contributed by atoms with Crippen LogP contribution in [0.15, 0.2) is 0 Å². The van der Waals surface area contributed by atoms with Gasteiger partial charge in [-0.15, -0.1) is 0 Å². The predicted octanol–water partition coefficient (Wildman–Crippen LogP) is 2.79. The summed E-state index contributed by atoms with van der Waals surface area (Å²) in [6, 6.07) is 0.255. The molecule has 3 nitrogen and oxygen atoms in total. The number of carbonyl (C=O) groups is 1. The molecule has 1 aliphatic carbocycles. The Kier molecular flexibility index (Phi) is 5.64. The second kappa shape index (κ2) is 6.55. The molecule has 0 aliphatic heterocycles. The molecule has 0 spiro atoms. The summed E-state index contributed by atoms with van der Waals surface area (Å²) >= 11 is 0. The van der Waals surface area contributed by atoms with Crippen LogP contribution in [0.2, 0.25) is 0 Å². The zero-order chi connectivity index (χ0) is 13.8. The zero-order valence-electron chi connectivity index (χ0n) is 12.5. The minimum absolute atomic E-state index is 0.0897. The number of hydrogen-bond acceptors (Lipinski definition) is 2. The van der Waals surface area contributed by atoms with E-state index in [0.29, 0.717) is 24.9 Å². The lowest BCUT2D eigenvalue weighted by Gasteiger charge is -2.37. The maximum absolute atomic E-state index is 12.9. The third kappa shape index (κ3) is 3.47. The van der Waals surface area contributed by atoms with Crippen LogP contribution in [0.5, 0.6) is 0 Å². The molecular formula is C15H30N2O. The fourth-order valence-corrected chi connectivity index (χ4v) is 3.38. The molecule has 106 valence electrons. The minimum atomic E-state index is -0.0897. The highest BCUT2D eigenvalue weighted by molar-refractivity contribution is 5.83. The number of hydrogen-bond donors (Lipinski definition) is 1. The quantitative estimate of drug-likeness (QED) is 0.792. The topological polar surface area (TPSA) is 46.3 Å². The summed E-state index contributed by atoms with van der Waals surface area (Å²) < 4.78 is 0. The Bertz CT molecular complexity index is 268. The first-order chi connectivity index (χ1) is 8.43. The molecule has 0 aromatic heterocycles. The van der Waals surface area contributed by atoms with Crippen molar-refractivity contribution in [1.82, 2.24) is 4.90 Å². The average Bonchev–Trinajstić information content (AvgIpc) is 2.73. The van der Waals surface area contributed by atoms with Crippen LogP contribution in [0.4, 0.5) is 0 Å². The molecule has 0 aromatic rings. The van der Waals surface area contributed by atoms with E-state index in [9.17, 15) is 4.79 Å². The lowest BCUT2D eigenvalue weighted by molar-refractivity contribution is -0.144. The van der Waals surface area contributed by atoms with E-state index in [-0.39, 0.29) is 11.5 Å². The third-order valence-electron chi connectivity index (χ3n) is 4.07. The summed E-state index contributed by atoms with van der Waals surface area (Å²) in [4.78, 5) is 14.9. The fourth-order valence-electron chi connectivity index (χ4n) is 3.38. The van der Waals surface area contributed by atoms with Crippen molar-refractivity contribution in [2.24, 2.45) is 17.1 Å². The predicted molar refractivity (Wildman–Crippen MR) is 76.3 cm³/mol. The van der Waals surface area contributed by atoms with Gasteiger partial charge >= 0.3 is 0 Å². The Morgan fingerprint density at radius 2 is 1.78 bits per heavy atom. The molecule has 0 atom stereocenters. The first-order valence-corrected chi connectivity index (χ1v) is 7.44. The van der Waals surface area contributed by atoms with Gasteiger partial charge in [-0.1, -0.05) is 26.7 Å². The van der Waals surface area contributed by atoms with E-state index in [1.165, 1.54) is 12.8 Å². The van der Waals surface area contributed by atoms with E-state index >= 15 is 0 Å². The van der Waals surface area contributed by atoms with Crippen molar-refractivity contribution in [3.8, 4) is 0 Å². The summed E-state index contributed by atoms with van der Waals surface area (Å²) in [5, 5.41) is 0. The van der Waals surface area contributed by atoms with Crippen LogP contribution in [0, 0.1) is 11.3 Å². The molecule has 1 aliphatic rings. The van der Waals surface area contributed by atoms with Crippen molar-refractivity contribution < 1.29 is 4.79 Å². The Morgan fingerprint density at radius 1 is 1.22 bits per heavy atom. The van der Waals surface area contributed by atoms with Crippen LogP contribution in [0.25, 0.3) is 0 Å². The number of nitrogens with zero attached hydrogens (tertiary/aromatic N) is 1. The van der Waals surface area contributed by atoms with Gasteiger partial charge in [-0.2, -0.15) is 0 Å². The van der Waals surface area contributed by atoms with Crippen molar-refractivity contribution in [2.45, 2.75) is 65.8 Å². The standard InChI is InChI=1S/C15H30N2O/c1-12(2)11-15(7-5-6-8-15)14(18)17(10-9-16)13(3)4/h12-13H,5-11,16H2,1-4H3. The molecule has 3 heteroatoms. The lowest BCUT2D eigenvalue weighted by atomic mass is 9.77. The molecular weight excluding hydrogens is 224 g/mol. The highest BCUT2D eigenvalue weighted by Crippen LogP contribution is 2.44. The van der Waals surface area contributed by atoms with Gasteiger partial charge < -0.3 is 10.6 Å². The molecule has 0 unspecified atom stereocenters. The summed E-state index contributed by atoms with van der Waals surface area (Å²) in [5.41, 5.74) is 5.56. The highest BCUT2D eigenvalue weighted by atomic mass is 16.2. The summed E-state index contributed by atoms with van der Waals surface area (Å²) in [7, 11) is 0. The van der Waals surface area contributed by atoms with Gasteiger partial charge in [0.15, 0.2) is 0 Å². The third-order valence-corrected chi connectivity index (χ3v) is 4.07. The maximum Gasteiger partial charge on any atom is 0.229 e. The SMILES string of the molecule is CC(C)CC1(C(=O)N(CCN)C(C)C)CCCC1. The van der Waals surface area contributed by atoms with Crippen LogP contribution in [-0.4, -0.2) is 29.9 Å². The van der Waals surface area contributed by atoms with Crippen molar-refractivity contribution in [2.75, 3.05) is 13.1 Å². The monoisotopic (exact) mass is 254 g/mol. The molecule has 0 aromatic carbocycles. The van der Waals surface area contributed by atoms with Crippen LogP contribution in [0.1, 0.15) is 59.8 Å². The van der Waals surface area contributed by atoms with Crippen LogP contribution in [-0.2, 0) is 4.79 Å². The number of amides is 1. The van der Waals surface area contributed by atoms with Gasteiger partial charge in [-0.05, 0) is 39.0 Å². The van der Waals surface area contributed by atoms with E-state index in [1.807, 2.05) is 4.90 Å². The molecule has 0 bridgehead atoms. The van der Waals surface area contributed by atoms with E-state index in [1.54, 1.807) is 0 Å². The molecule has 0 saturated heterocycles. The largest absolute Gasteiger partial charge is 0.339 e. The summed E-state index contributed by atoms with van der Waals surface area (Å²) in [5.74, 6) is 0.938. The van der Waals surface area contributed by atoms with E-state index in [0.717, 1.165) is 19.3 Å². The van der Waals surface area contributed by atoms with Crippen LogP contribution in [0.3, 0.4) is 0 Å². The van der Waals surface area contributed by atoms with E-state index in [4.69, 9.17) is 5.73 Å². The fraction of sp³-hybridized carbons (Fsp3) is 0.933. The van der Waals surface area contributed by atoms with Crippen molar-refractivity contribution >= 4 is 5.91 Å². The highest BCUT2D eigenvalue weighted by Gasteiger charge is 2.43. The Balaban J connectivity index is 2.87. The zero-order valence-corrected chi connectivity index (χ0v) is 12.5. The van der Waals surface area contributed by atoms with Gasteiger partial charge in [0.05, 0.1) is 0 Å². The van der Waals surface area contributed by atoms with Crippen LogP contribution < -0.4 is 5.73 Å². The van der Waals surface area contributed by atoms with Crippen LogP contribution >= 0.6 is 0 Å². The smallest absolute Gasteiger partial charge is 0.229 e. The molecule has 1 fully saturated rings. The molecule has 0 radical (unpaired) electrons. The maximum atomic E-state index is 12.9. The van der Waals surface area contributed by atoms with Gasteiger partial charge in [0.25, 0.3) is 0 Å². The minimum Gasteiger partial charge on any atom is -0.339 e. The molecule has 18 heavy (non-hydrogen) atoms. The first kappa shape index (κ1) is 15.5. The molecule has 2 N–H and O–H groups in total. The Hall–Kier alpha value is -0.570. The number of rotatable bonds is 6. The molecule has 1 amide bonds. The van der Waals surface area contributed by atoms with Gasteiger partial charge in [0.1, 0.15) is 0 Å². The van der Waals surface area contributed by atoms with Gasteiger partial charge in [0.2, 0.25) is 5.91 Å². The second-order valence-corrected chi connectivity index (χ2v) is 6.47. The second-order valence-electron chi connectivity index (χ2n) is 6.47. The molecule has 1 saturated carbocycles. The average molecular weight is 254 g/mol. The van der Waals surface area contributed by atoms with Crippen molar-refractivity contribution in [1.29, 1.82) is 0 Å². The lowest BCUT2D eigenvalue weighted by Crippen LogP contribution is -2.48. The summed E-state index contributed by atoms with van der Waals surface area (Å²) in [6.07, 6.45) is 5.56. The molecule has 0 heterocycles. The van der Waals surface area contributed by atoms with Gasteiger partial charge in [-0.3, -0.25) is 4.79 Å². The first-order valence-electron chi connectivity index (χ1n) is 7.44. The molecule has 1 rings (SSSR count). The van der Waals surface area contributed by atoms with Crippen molar-refractivity contribution in [3.05, 3.63) is 0 Å². The van der Waals surface area contributed by atoms with E-state index in [2.05, 4.69) is 27.7 Å². The normalized spacial score (nSPS) is 18.6. The summed E-state index contributed by atoms with van der Waals surface area (Å²) in [6.45, 7) is 9.86. The number of carbonyl (C=O) groups excluding carboxylic acids is 1. The van der Waals surface area contributed by atoms with Crippen molar-refractivity contribution in [3.63, 3.8) is 0 Å². The number of nitrogens with two attached hydrogens (primary N) is 1. The van der Waals surface area contributed by atoms with Gasteiger partial charge in [-0.25, -0.2) is 0 Å². The Labute approximate surface area is 112 Å². The van der Waals surface area contributed by atoms with E-state index < -0.39 is 0 Å². The Morgan fingerprint density at radius 3 is 2.17 bits per heavy atom.